The lowest BCUT2D eigenvalue weighted by atomic mass is 9.80. The Balaban J connectivity index is 1.49. The van der Waals surface area contributed by atoms with E-state index in [1.807, 2.05) is 38.1 Å². The fraction of sp³-hybridized carbons (Fsp3) is 0.548. The number of rotatable bonds is 9. The van der Waals surface area contributed by atoms with Gasteiger partial charge in [0.25, 0.3) is 0 Å². The number of hydrogen-bond acceptors (Lipinski definition) is 5. The van der Waals surface area contributed by atoms with Gasteiger partial charge in [-0.05, 0) is 88.5 Å². The Bertz CT molecular complexity index is 1040. The van der Waals surface area contributed by atoms with Gasteiger partial charge in [-0.25, -0.2) is 0 Å². The molecule has 2 fully saturated rings. The van der Waals surface area contributed by atoms with Crippen molar-refractivity contribution in [3.8, 4) is 0 Å². The molecule has 0 radical (unpaired) electrons. The first-order chi connectivity index (χ1) is 17.9. The molecule has 2 aromatic carbocycles. The summed E-state index contributed by atoms with van der Waals surface area (Å²) in [5.41, 5.74) is 3.49. The summed E-state index contributed by atoms with van der Waals surface area (Å²) in [4.78, 5) is 33.4. The molecular weight excluding hydrogens is 460 g/mol. The van der Waals surface area contributed by atoms with Crippen LogP contribution in [0.5, 0.6) is 0 Å². The Morgan fingerprint density at radius 3 is 2.11 bits per heavy atom. The summed E-state index contributed by atoms with van der Waals surface area (Å²) < 4.78 is 0. The second kappa shape index (κ2) is 12.2. The molecular formula is C31H44N4O2. The Morgan fingerprint density at radius 2 is 1.54 bits per heavy atom. The van der Waals surface area contributed by atoms with E-state index in [4.69, 9.17) is 0 Å². The second-order valence-electron chi connectivity index (χ2n) is 10.9. The highest BCUT2D eigenvalue weighted by molar-refractivity contribution is 6.03. The van der Waals surface area contributed by atoms with Gasteiger partial charge in [-0.1, -0.05) is 31.2 Å². The third-order valence-electron chi connectivity index (χ3n) is 8.49. The predicted molar refractivity (Wildman–Crippen MR) is 152 cm³/mol. The molecule has 6 heteroatoms. The number of nitrogens with one attached hydrogen (secondary N) is 1. The van der Waals surface area contributed by atoms with Crippen molar-refractivity contribution in [2.24, 2.45) is 0 Å². The number of piperazine rings is 1. The molecule has 37 heavy (non-hydrogen) atoms. The number of carbonyl (C=O) groups is 2. The lowest BCUT2D eigenvalue weighted by Crippen LogP contribution is -2.52. The van der Waals surface area contributed by atoms with E-state index in [0.717, 1.165) is 56.0 Å². The SMILES string of the molecule is CCC(Cc1ccc(C(C)C(=O)N2CCNCC2)cc1)(C(=O)c1ccc(N2CCCCC2)cc1)N(C)C. The van der Waals surface area contributed by atoms with Crippen LogP contribution < -0.4 is 10.2 Å². The van der Waals surface area contributed by atoms with E-state index in [0.29, 0.717) is 12.8 Å². The molecule has 0 aromatic heterocycles. The van der Waals surface area contributed by atoms with Crippen LogP contribution >= 0.6 is 0 Å². The van der Waals surface area contributed by atoms with Gasteiger partial charge in [0.15, 0.2) is 5.78 Å². The maximum absolute atomic E-state index is 14.0. The number of hydrogen-bond donors (Lipinski definition) is 1. The monoisotopic (exact) mass is 504 g/mol. The average molecular weight is 505 g/mol. The minimum Gasteiger partial charge on any atom is -0.372 e. The maximum atomic E-state index is 14.0. The van der Waals surface area contributed by atoms with Crippen LogP contribution in [0.4, 0.5) is 5.69 Å². The van der Waals surface area contributed by atoms with Crippen LogP contribution in [0.1, 0.15) is 66.9 Å². The van der Waals surface area contributed by atoms with Gasteiger partial charge in [0.05, 0.1) is 11.5 Å². The van der Waals surface area contributed by atoms with Crippen molar-refractivity contribution >= 4 is 17.4 Å². The van der Waals surface area contributed by atoms with Crippen LogP contribution in [-0.2, 0) is 11.2 Å². The molecule has 0 aliphatic carbocycles. The van der Waals surface area contributed by atoms with Crippen molar-refractivity contribution in [3.63, 3.8) is 0 Å². The minimum absolute atomic E-state index is 0.163. The van der Waals surface area contributed by atoms with E-state index in [-0.39, 0.29) is 17.6 Å². The zero-order chi connectivity index (χ0) is 26.4. The summed E-state index contributed by atoms with van der Waals surface area (Å²) in [5.74, 6) is 0.183. The fourth-order valence-corrected chi connectivity index (χ4v) is 5.85. The van der Waals surface area contributed by atoms with E-state index in [1.54, 1.807) is 0 Å². The van der Waals surface area contributed by atoms with Crippen molar-refractivity contribution in [2.75, 3.05) is 58.3 Å². The number of piperidine rings is 1. The Hall–Kier alpha value is -2.70. The molecule has 0 bridgehead atoms. The first-order valence-corrected chi connectivity index (χ1v) is 14.0. The van der Waals surface area contributed by atoms with Crippen LogP contribution in [-0.4, -0.2) is 80.4 Å². The molecule has 2 saturated heterocycles. The summed E-state index contributed by atoms with van der Waals surface area (Å²) >= 11 is 0. The molecule has 1 amide bonds. The molecule has 2 aliphatic rings. The zero-order valence-electron chi connectivity index (χ0n) is 23.1. The summed E-state index contributed by atoms with van der Waals surface area (Å²) in [6.45, 7) is 9.54. The highest BCUT2D eigenvalue weighted by atomic mass is 16.2. The number of anilines is 1. The highest BCUT2D eigenvalue weighted by Gasteiger charge is 2.39. The Labute approximate surface area is 223 Å². The number of nitrogens with zero attached hydrogens (tertiary/aromatic N) is 3. The van der Waals surface area contributed by atoms with Gasteiger partial charge >= 0.3 is 0 Å². The van der Waals surface area contributed by atoms with Crippen LogP contribution in [0.15, 0.2) is 48.5 Å². The highest BCUT2D eigenvalue weighted by Crippen LogP contribution is 2.30. The first-order valence-electron chi connectivity index (χ1n) is 14.0. The maximum Gasteiger partial charge on any atom is 0.229 e. The summed E-state index contributed by atoms with van der Waals surface area (Å²) in [7, 11) is 4.01. The molecule has 4 rings (SSSR count). The van der Waals surface area contributed by atoms with Crippen LogP contribution in [0.3, 0.4) is 0 Å². The van der Waals surface area contributed by atoms with Crippen molar-refractivity contribution in [3.05, 3.63) is 65.2 Å². The van der Waals surface area contributed by atoms with Gasteiger partial charge in [0.2, 0.25) is 5.91 Å². The van der Waals surface area contributed by atoms with E-state index >= 15 is 0 Å². The number of likely N-dealkylation sites (N-methyl/N-ethyl adjacent to an activating group) is 1. The molecule has 2 aromatic rings. The first kappa shape index (κ1) is 27.3. The van der Waals surface area contributed by atoms with Crippen LogP contribution in [0.2, 0.25) is 0 Å². The van der Waals surface area contributed by atoms with Crippen molar-refractivity contribution in [1.29, 1.82) is 0 Å². The summed E-state index contributed by atoms with van der Waals surface area (Å²) in [5, 5.41) is 3.30. The molecule has 1 N–H and O–H groups in total. The number of benzene rings is 2. The largest absolute Gasteiger partial charge is 0.372 e. The van der Waals surface area contributed by atoms with E-state index in [1.165, 1.54) is 24.9 Å². The smallest absolute Gasteiger partial charge is 0.229 e. The lowest BCUT2D eigenvalue weighted by molar-refractivity contribution is -0.133. The molecule has 2 unspecified atom stereocenters. The normalized spacial score (nSPS) is 18.9. The number of Topliss-reactive ketones (excluding diaryl/α,β-unsaturated/α-hetero) is 1. The third-order valence-corrected chi connectivity index (χ3v) is 8.49. The van der Waals surface area contributed by atoms with Gasteiger partial charge in [0, 0.05) is 50.5 Å². The van der Waals surface area contributed by atoms with Crippen molar-refractivity contribution in [1.82, 2.24) is 15.1 Å². The average Bonchev–Trinajstić information content (AvgIpc) is 2.96. The van der Waals surface area contributed by atoms with E-state index in [2.05, 4.69) is 58.4 Å². The number of amides is 1. The van der Waals surface area contributed by atoms with E-state index in [9.17, 15) is 9.59 Å². The van der Waals surface area contributed by atoms with Crippen molar-refractivity contribution < 1.29 is 9.59 Å². The Morgan fingerprint density at radius 1 is 0.919 bits per heavy atom. The number of carbonyl (C=O) groups excluding carboxylic acids is 2. The van der Waals surface area contributed by atoms with Gasteiger partial charge < -0.3 is 15.1 Å². The summed E-state index contributed by atoms with van der Waals surface area (Å²) in [6, 6.07) is 16.6. The van der Waals surface area contributed by atoms with Gasteiger partial charge in [-0.3, -0.25) is 14.5 Å². The summed E-state index contributed by atoms with van der Waals surface area (Å²) in [6.07, 6.45) is 5.13. The molecule has 2 atom stereocenters. The van der Waals surface area contributed by atoms with Crippen LogP contribution in [0, 0.1) is 0 Å². The van der Waals surface area contributed by atoms with Gasteiger partial charge in [-0.15, -0.1) is 0 Å². The standard InChI is InChI=1S/C31H44N4O2/c1-5-31(33(3)4,29(36)27-13-15-28(16-14-27)34-19-7-6-8-20-34)23-25-9-11-26(12-10-25)24(2)30(37)35-21-17-32-18-22-35/h9-16,24,32H,5-8,17-23H2,1-4H3. The lowest BCUT2D eigenvalue weighted by Gasteiger charge is -2.38. The molecule has 200 valence electrons. The molecule has 2 aliphatic heterocycles. The molecule has 0 saturated carbocycles. The Kier molecular flexibility index (Phi) is 9.04. The molecule has 2 heterocycles. The van der Waals surface area contributed by atoms with Gasteiger partial charge in [0.1, 0.15) is 0 Å². The number of ketones is 1. The quantitative estimate of drug-likeness (QED) is 0.515. The zero-order valence-corrected chi connectivity index (χ0v) is 23.1. The second-order valence-corrected chi connectivity index (χ2v) is 10.9. The third kappa shape index (κ3) is 6.07. The van der Waals surface area contributed by atoms with Gasteiger partial charge in [-0.2, -0.15) is 0 Å². The molecule has 6 nitrogen and oxygen atoms in total. The van der Waals surface area contributed by atoms with Crippen LogP contribution in [0.25, 0.3) is 0 Å². The predicted octanol–water partition coefficient (Wildman–Crippen LogP) is 4.35. The topological polar surface area (TPSA) is 55.9 Å². The fourth-order valence-electron chi connectivity index (χ4n) is 5.85. The van der Waals surface area contributed by atoms with E-state index < -0.39 is 5.54 Å². The minimum atomic E-state index is -0.629. The molecule has 0 spiro atoms. The van der Waals surface area contributed by atoms with Crippen molar-refractivity contribution in [2.45, 2.75) is 57.4 Å².